The topological polar surface area (TPSA) is 69.6 Å². The average Bonchev–Trinajstić information content (AvgIpc) is 2.37. The molecular weight excluding hydrogens is 254 g/mol. The summed E-state index contributed by atoms with van der Waals surface area (Å²) in [7, 11) is 0. The minimum absolute atomic E-state index is 0.285. The minimum Gasteiger partial charge on any atom is -0.480 e. The zero-order valence-corrected chi connectivity index (χ0v) is 12.6. The van der Waals surface area contributed by atoms with Gasteiger partial charge in [0.15, 0.2) is 0 Å². The minimum atomic E-state index is -0.873. The molecule has 0 aliphatic heterocycles. The van der Waals surface area contributed by atoms with Gasteiger partial charge < -0.3 is 10.2 Å². The molecule has 0 spiro atoms. The van der Waals surface area contributed by atoms with Crippen LogP contribution >= 0.6 is 0 Å². The Morgan fingerprint density at radius 3 is 2.20 bits per heavy atom. The Labute approximate surface area is 120 Å². The van der Waals surface area contributed by atoms with Crippen LogP contribution in [0.5, 0.6) is 0 Å². The molecule has 0 aliphatic carbocycles. The molecule has 20 heavy (non-hydrogen) atoms. The fourth-order valence-corrected chi connectivity index (χ4v) is 2.17. The first kappa shape index (κ1) is 16.7. The van der Waals surface area contributed by atoms with Gasteiger partial charge in [0.1, 0.15) is 6.04 Å². The molecule has 0 saturated heterocycles. The Hall–Kier alpha value is -1.39. The highest BCUT2D eigenvalue weighted by Gasteiger charge is 2.24. The van der Waals surface area contributed by atoms with E-state index in [0.717, 1.165) is 11.1 Å². The van der Waals surface area contributed by atoms with Crippen molar-refractivity contribution in [2.75, 3.05) is 0 Å². The summed E-state index contributed by atoms with van der Waals surface area (Å²) in [6, 6.07) is 6.66. The lowest BCUT2D eigenvalue weighted by Crippen LogP contribution is -2.45. The molecule has 3 unspecified atom stereocenters. The third-order valence-electron chi connectivity index (χ3n) is 3.36. The molecule has 4 nitrogen and oxygen atoms in total. The number of aliphatic hydroxyl groups is 1. The predicted octanol–water partition coefficient (Wildman–Crippen LogP) is 2.51. The zero-order chi connectivity index (χ0) is 15.3. The van der Waals surface area contributed by atoms with Crippen LogP contribution in [0.15, 0.2) is 24.3 Å². The van der Waals surface area contributed by atoms with Crippen LogP contribution in [-0.2, 0) is 4.79 Å². The van der Waals surface area contributed by atoms with Gasteiger partial charge in [0.2, 0.25) is 0 Å². The van der Waals surface area contributed by atoms with E-state index in [1.54, 1.807) is 6.92 Å². The summed E-state index contributed by atoms with van der Waals surface area (Å²) >= 11 is 0. The monoisotopic (exact) mass is 279 g/mol. The van der Waals surface area contributed by atoms with Crippen molar-refractivity contribution in [1.82, 2.24) is 5.32 Å². The summed E-state index contributed by atoms with van der Waals surface area (Å²) < 4.78 is 0. The quantitative estimate of drug-likeness (QED) is 0.717. The number of carboxylic acids is 1. The van der Waals surface area contributed by atoms with Crippen LogP contribution in [0.2, 0.25) is 0 Å². The Balaban J connectivity index is 2.70. The third kappa shape index (κ3) is 4.94. The first-order chi connectivity index (χ1) is 9.31. The number of aliphatic hydroxyl groups excluding tert-OH is 1. The van der Waals surface area contributed by atoms with Crippen LogP contribution in [0.25, 0.3) is 0 Å². The van der Waals surface area contributed by atoms with Crippen molar-refractivity contribution in [2.24, 2.45) is 5.92 Å². The second kappa shape index (κ2) is 7.41. The lowest BCUT2D eigenvalue weighted by atomic mass is 9.99. The van der Waals surface area contributed by atoms with Crippen molar-refractivity contribution < 1.29 is 15.0 Å². The Morgan fingerprint density at radius 1 is 1.20 bits per heavy atom. The molecule has 0 aliphatic rings. The van der Waals surface area contributed by atoms with E-state index in [1.807, 2.05) is 45.0 Å². The summed E-state index contributed by atoms with van der Waals surface area (Å²) in [4.78, 5) is 11.2. The number of carbonyl (C=O) groups is 1. The number of benzene rings is 1. The number of nitrogens with one attached hydrogen (secondary N) is 1. The molecule has 1 aromatic carbocycles. The van der Waals surface area contributed by atoms with Gasteiger partial charge in [0.25, 0.3) is 0 Å². The number of carboxylic acid groups (broad SMARTS) is 1. The second-order valence-corrected chi connectivity index (χ2v) is 5.83. The molecule has 0 fully saturated rings. The van der Waals surface area contributed by atoms with Gasteiger partial charge >= 0.3 is 5.97 Å². The van der Waals surface area contributed by atoms with E-state index in [-0.39, 0.29) is 12.0 Å². The maximum Gasteiger partial charge on any atom is 0.320 e. The van der Waals surface area contributed by atoms with E-state index >= 15 is 0 Å². The molecule has 0 saturated carbocycles. The molecule has 0 bridgehead atoms. The van der Waals surface area contributed by atoms with Crippen molar-refractivity contribution in [1.29, 1.82) is 0 Å². The fourth-order valence-electron chi connectivity index (χ4n) is 2.17. The van der Waals surface area contributed by atoms with Gasteiger partial charge in [-0.2, -0.15) is 0 Å². The molecule has 1 aromatic rings. The van der Waals surface area contributed by atoms with Crippen LogP contribution < -0.4 is 5.32 Å². The Morgan fingerprint density at radius 2 is 1.75 bits per heavy atom. The smallest absolute Gasteiger partial charge is 0.320 e. The predicted molar refractivity (Wildman–Crippen MR) is 79.6 cm³/mol. The first-order valence-corrected chi connectivity index (χ1v) is 7.04. The molecule has 0 amide bonds. The number of hydrogen-bond acceptors (Lipinski definition) is 3. The highest BCUT2D eigenvalue weighted by atomic mass is 16.4. The van der Waals surface area contributed by atoms with Gasteiger partial charge in [-0.05, 0) is 31.7 Å². The molecule has 3 atom stereocenters. The van der Waals surface area contributed by atoms with Crippen molar-refractivity contribution in [3.05, 3.63) is 35.4 Å². The van der Waals surface area contributed by atoms with Gasteiger partial charge in [0, 0.05) is 6.04 Å². The SMILES string of the molecule is Cc1ccc(C(O)C(C)NC(CC(C)C)C(=O)O)cc1. The van der Waals surface area contributed by atoms with Crippen LogP contribution in [0.4, 0.5) is 0 Å². The lowest BCUT2D eigenvalue weighted by molar-refractivity contribution is -0.140. The molecule has 4 heteroatoms. The second-order valence-electron chi connectivity index (χ2n) is 5.83. The van der Waals surface area contributed by atoms with E-state index in [1.165, 1.54) is 0 Å². The van der Waals surface area contributed by atoms with Crippen LogP contribution in [0.1, 0.15) is 44.4 Å². The summed E-state index contributed by atoms with van der Waals surface area (Å²) in [6.07, 6.45) is -0.176. The summed E-state index contributed by atoms with van der Waals surface area (Å²) in [5.74, 6) is -0.589. The molecule has 0 radical (unpaired) electrons. The Bertz CT molecular complexity index is 428. The van der Waals surface area contributed by atoms with Crippen molar-refractivity contribution in [3.8, 4) is 0 Å². The Kier molecular flexibility index (Phi) is 6.17. The third-order valence-corrected chi connectivity index (χ3v) is 3.36. The van der Waals surface area contributed by atoms with Gasteiger partial charge in [-0.15, -0.1) is 0 Å². The van der Waals surface area contributed by atoms with Crippen molar-refractivity contribution in [2.45, 2.75) is 52.3 Å². The maximum atomic E-state index is 11.2. The van der Waals surface area contributed by atoms with Crippen LogP contribution in [0.3, 0.4) is 0 Å². The van der Waals surface area contributed by atoms with Gasteiger partial charge in [-0.1, -0.05) is 43.7 Å². The number of hydrogen-bond donors (Lipinski definition) is 3. The van der Waals surface area contributed by atoms with E-state index < -0.39 is 18.1 Å². The number of aryl methyl sites for hydroxylation is 1. The summed E-state index contributed by atoms with van der Waals surface area (Å²) in [5.41, 5.74) is 1.93. The highest BCUT2D eigenvalue weighted by molar-refractivity contribution is 5.73. The number of aliphatic carboxylic acids is 1. The summed E-state index contributed by atoms with van der Waals surface area (Å²) in [5, 5.41) is 22.5. The van der Waals surface area contributed by atoms with E-state index in [4.69, 9.17) is 0 Å². The largest absolute Gasteiger partial charge is 0.480 e. The normalized spacial score (nSPS) is 15.9. The molecule has 3 N–H and O–H groups in total. The summed E-state index contributed by atoms with van der Waals surface area (Å²) in [6.45, 7) is 7.76. The van der Waals surface area contributed by atoms with E-state index in [2.05, 4.69) is 5.32 Å². The lowest BCUT2D eigenvalue weighted by Gasteiger charge is -2.25. The molecule has 1 rings (SSSR count). The highest BCUT2D eigenvalue weighted by Crippen LogP contribution is 2.18. The van der Waals surface area contributed by atoms with E-state index in [9.17, 15) is 15.0 Å². The number of rotatable bonds is 7. The molecule has 0 aromatic heterocycles. The maximum absolute atomic E-state index is 11.2. The standard InChI is InChI=1S/C16H25NO3/c1-10(2)9-14(16(19)20)17-12(4)15(18)13-7-5-11(3)6-8-13/h5-8,10,12,14-15,17-18H,9H2,1-4H3,(H,19,20). The zero-order valence-electron chi connectivity index (χ0n) is 12.6. The van der Waals surface area contributed by atoms with Crippen molar-refractivity contribution >= 4 is 5.97 Å². The van der Waals surface area contributed by atoms with Gasteiger partial charge in [-0.3, -0.25) is 10.1 Å². The van der Waals surface area contributed by atoms with Crippen LogP contribution in [0, 0.1) is 12.8 Å². The van der Waals surface area contributed by atoms with E-state index in [0.29, 0.717) is 6.42 Å². The first-order valence-electron chi connectivity index (χ1n) is 7.04. The van der Waals surface area contributed by atoms with Crippen LogP contribution in [-0.4, -0.2) is 28.3 Å². The van der Waals surface area contributed by atoms with Gasteiger partial charge in [-0.25, -0.2) is 0 Å². The molecule has 0 heterocycles. The average molecular weight is 279 g/mol. The molecule has 112 valence electrons. The molecular formula is C16H25NO3. The van der Waals surface area contributed by atoms with Crippen molar-refractivity contribution in [3.63, 3.8) is 0 Å². The fraction of sp³-hybridized carbons (Fsp3) is 0.562. The van der Waals surface area contributed by atoms with Gasteiger partial charge in [0.05, 0.1) is 6.10 Å².